The summed E-state index contributed by atoms with van der Waals surface area (Å²) in [6.07, 6.45) is 1.26. The van der Waals surface area contributed by atoms with Gasteiger partial charge in [-0.25, -0.2) is 4.42 Å². The Balaban J connectivity index is 2.45. The molecule has 10 heavy (non-hydrogen) atoms. The zero-order valence-electron chi connectivity index (χ0n) is 7.02. The van der Waals surface area contributed by atoms with E-state index in [2.05, 4.69) is 20.8 Å². The molecule has 2 heteroatoms. The third kappa shape index (κ3) is 1.86. The van der Waals surface area contributed by atoms with Crippen LogP contribution in [0.15, 0.2) is 0 Å². The van der Waals surface area contributed by atoms with E-state index >= 15 is 0 Å². The van der Waals surface area contributed by atoms with Gasteiger partial charge in [0.05, 0.1) is 0 Å². The fraction of sp³-hybridized carbons (Fsp3) is 1.00. The maximum Gasteiger partial charge on any atom is 0.0172 e. The molecule has 1 fully saturated rings. The summed E-state index contributed by atoms with van der Waals surface area (Å²) in [7, 11) is 0. The van der Waals surface area contributed by atoms with Gasteiger partial charge in [0.25, 0.3) is 0 Å². The minimum absolute atomic E-state index is 0.434. The van der Waals surface area contributed by atoms with Crippen molar-refractivity contribution in [2.45, 2.75) is 27.2 Å². The van der Waals surface area contributed by atoms with Crippen molar-refractivity contribution in [3.05, 3.63) is 0 Å². The average Bonchev–Trinajstić information content (AvgIpc) is 2.11. The van der Waals surface area contributed by atoms with Crippen LogP contribution in [0.3, 0.4) is 0 Å². The molecule has 1 rings (SSSR count). The lowest BCUT2D eigenvalue weighted by molar-refractivity contribution is 0.253. The summed E-state index contributed by atoms with van der Waals surface area (Å²) in [6, 6.07) is 0. The molecule has 60 valence electrons. The van der Waals surface area contributed by atoms with Crippen molar-refractivity contribution in [1.82, 2.24) is 4.42 Å². The van der Waals surface area contributed by atoms with Crippen LogP contribution in [0.2, 0.25) is 0 Å². The van der Waals surface area contributed by atoms with Gasteiger partial charge in [0.15, 0.2) is 0 Å². The van der Waals surface area contributed by atoms with Crippen LogP contribution < -0.4 is 0 Å². The van der Waals surface area contributed by atoms with Crippen LogP contribution in [-0.4, -0.2) is 17.5 Å². The van der Waals surface area contributed by atoms with Gasteiger partial charge in [0.1, 0.15) is 0 Å². The monoisotopic (exact) mass is 161 g/mol. The highest BCUT2D eigenvalue weighted by atomic mass is 35.5. The number of halogens is 1. The van der Waals surface area contributed by atoms with Gasteiger partial charge in [-0.05, 0) is 29.5 Å². The normalized spacial score (nSPS) is 29.4. The van der Waals surface area contributed by atoms with E-state index in [1.54, 1.807) is 0 Å². The quantitative estimate of drug-likeness (QED) is 0.494. The lowest BCUT2D eigenvalue weighted by Crippen LogP contribution is -2.21. The lowest BCUT2D eigenvalue weighted by Gasteiger charge is -2.25. The fourth-order valence-corrected chi connectivity index (χ4v) is 1.69. The van der Waals surface area contributed by atoms with Crippen LogP contribution in [0.25, 0.3) is 0 Å². The molecule has 0 bridgehead atoms. The first-order chi connectivity index (χ1) is 4.50. The molecule has 0 saturated carbocycles. The Morgan fingerprint density at radius 3 is 2.20 bits per heavy atom. The summed E-state index contributed by atoms with van der Waals surface area (Å²) in [5, 5.41) is 0. The van der Waals surface area contributed by atoms with Crippen molar-refractivity contribution in [3.63, 3.8) is 0 Å². The van der Waals surface area contributed by atoms with Crippen molar-refractivity contribution >= 4 is 11.8 Å². The fourth-order valence-electron chi connectivity index (χ4n) is 1.42. The number of nitrogens with zero attached hydrogens (tertiary/aromatic N) is 1. The highest BCUT2D eigenvalue weighted by Crippen LogP contribution is 2.33. The Labute approximate surface area is 68.5 Å². The molecular weight excluding hydrogens is 146 g/mol. The van der Waals surface area contributed by atoms with Crippen LogP contribution >= 0.6 is 11.8 Å². The van der Waals surface area contributed by atoms with E-state index < -0.39 is 0 Å². The van der Waals surface area contributed by atoms with Crippen molar-refractivity contribution < 1.29 is 0 Å². The molecule has 0 radical (unpaired) electrons. The Kier molecular flexibility index (Phi) is 2.26. The summed E-state index contributed by atoms with van der Waals surface area (Å²) < 4.78 is 1.90. The van der Waals surface area contributed by atoms with Gasteiger partial charge in [0, 0.05) is 13.1 Å². The zero-order valence-corrected chi connectivity index (χ0v) is 7.78. The minimum Gasteiger partial charge on any atom is -0.220 e. The lowest BCUT2D eigenvalue weighted by atomic mass is 9.80. The standard InChI is InChI=1S/C8H16ClN/c1-8(2,3)7-4-5-10(9)6-7/h7H,4-6H2,1-3H3. The first-order valence-corrected chi connectivity index (χ1v) is 4.24. The van der Waals surface area contributed by atoms with Gasteiger partial charge >= 0.3 is 0 Å². The largest absolute Gasteiger partial charge is 0.220 e. The van der Waals surface area contributed by atoms with Gasteiger partial charge in [-0.3, -0.25) is 0 Å². The van der Waals surface area contributed by atoms with Crippen LogP contribution in [-0.2, 0) is 0 Å². The summed E-state index contributed by atoms with van der Waals surface area (Å²) >= 11 is 5.85. The first-order valence-electron chi connectivity index (χ1n) is 3.91. The van der Waals surface area contributed by atoms with Crippen LogP contribution in [0, 0.1) is 11.3 Å². The maximum atomic E-state index is 5.85. The van der Waals surface area contributed by atoms with Crippen molar-refractivity contribution in [2.75, 3.05) is 13.1 Å². The van der Waals surface area contributed by atoms with Crippen LogP contribution in [0.4, 0.5) is 0 Å². The molecular formula is C8H16ClN. The molecule has 0 amide bonds. The zero-order chi connectivity index (χ0) is 7.78. The van der Waals surface area contributed by atoms with Crippen LogP contribution in [0.1, 0.15) is 27.2 Å². The predicted molar refractivity (Wildman–Crippen MR) is 45.0 cm³/mol. The second kappa shape index (κ2) is 2.71. The maximum absolute atomic E-state index is 5.85. The second-order valence-corrected chi connectivity index (χ2v) is 4.70. The van der Waals surface area contributed by atoms with Gasteiger partial charge in [0.2, 0.25) is 0 Å². The van der Waals surface area contributed by atoms with E-state index in [1.165, 1.54) is 6.42 Å². The Bertz CT molecular complexity index is 117. The third-order valence-corrected chi connectivity index (χ3v) is 2.67. The highest BCUT2D eigenvalue weighted by molar-refractivity contribution is 6.13. The van der Waals surface area contributed by atoms with E-state index in [0.29, 0.717) is 5.41 Å². The molecule has 0 aromatic carbocycles. The van der Waals surface area contributed by atoms with E-state index in [4.69, 9.17) is 11.8 Å². The molecule has 0 N–H and O–H groups in total. The van der Waals surface area contributed by atoms with Crippen molar-refractivity contribution in [1.29, 1.82) is 0 Å². The highest BCUT2D eigenvalue weighted by Gasteiger charge is 2.30. The van der Waals surface area contributed by atoms with Gasteiger partial charge < -0.3 is 0 Å². The molecule has 0 aromatic heterocycles. The number of hydrogen-bond donors (Lipinski definition) is 0. The Hall–Kier alpha value is 0.250. The topological polar surface area (TPSA) is 3.24 Å². The minimum atomic E-state index is 0.434. The van der Waals surface area contributed by atoms with E-state index in [1.807, 2.05) is 4.42 Å². The number of rotatable bonds is 0. The SMILES string of the molecule is CC(C)(C)C1CCN(Cl)C1. The predicted octanol–water partition coefficient (Wildman–Crippen LogP) is 2.51. The molecule has 1 aliphatic rings. The molecule has 1 atom stereocenters. The number of hydrogen-bond acceptors (Lipinski definition) is 1. The van der Waals surface area contributed by atoms with E-state index in [-0.39, 0.29) is 0 Å². The molecule has 1 aliphatic heterocycles. The molecule has 0 aromatic rings. The Morgan fingerprint density at radius 1 is 1.40 bits per heavy atom. The molecule has 1 unspecified atom stereocenters. The summed E-state index contributed by atoms with van der Waals surface area (Å²) in [4.78, 5) is 0. The average molecular weight is 162 g/mol. The van der Waals surface area contributed by atoms with Crippen LogP contribution in [0.5, 0.6) is 0 Å². The molecule has 1 saturated heterocycles. The van der Waals surface area contributed by atoms with Gasteiger partial charge in [-0.15, -0.1) is 0 Å². The Morgan fingerprint density at radius 2 is 2.00 bits per heavy atom. The van der Waals surface area contributed by atoms with E-state index in [9.17, 15) is 0 Å². The second-order valence-electron chi connectivity index (χ2n) is 4.22. The summed E-state index contributed by atoms with van der Waals surface area (Å²) in [6.45, 7) is 8.98. The molecule has 0 aliphatic carbocycles. The smallest absolute Gasteiger partial charge is 0.0172 e. The molecule has 0 spiro atoms. The molecule has 1 nitrogen and oxygen atoms in total. The van der Waals surface area contributed by atoms with Gasteiger partial charge in [-0.2, -0.15) is 0 Å². The van der Waals surface area contributed by atoms with Crippen molar-refractivity contribution in [2.24, 2.45) is 11.3 Å². The van der Waals surface area contributed by atoms with Crippen molar-refractivity contribution in [3.8, 4) is 0 Å². The third-order valence-electron chi connectivity index (χ3n) is 2.36. The summed E-state index contributed by atoms with van der Waals surface area (Å²) in [5.41, 5.74) is 0.434. The van der Waals surface area contributed by atoms with Gasteiger partial charge in [-0.1, -0.05) is 20.8 Å². The summed E-state index contributed by atoms with van der Waals surface area (Å²) in [5.74, 6) is 0.782. The first kappa shape index (κ1) is 8.35. The molecule has 1 heterocycles. The van der Waals surface area contributed by atoms with E-state index in [0.717, 1.165) is 19.0 Å².